The van der Waals surface area contributed by atoms with Crippen molar-refractivity contribution in [3.05, 3.63) is 21.9 Å². The summed E-state index contributed by atoms with van der Waals surface area (Å²) < 4.78 is 0. The van der Waals surface area contributed by atoms with E-state index in [2.05, 4.69) is 18.4 Å². The van der Waals surface area contributed by atoms with Crippen molar-refractivity contribution in [3.63, 3.8) is 0 Å². The second-order valence-electron chi connectivity index (χ2n) is 6.19. The maximum Gasteiger partial charge on any atom is 0.242 e. The fourth-order valence-corrected chi connectivity index (χ4v) is 4.52. The van der Waals surface area contributed by atoms with E-state index in [1.54, 1.807) is 16.2 Å². The van der Waals surface area contributed by atoms with Gasteiger partial charge in [-0.1, -0.05) is 13.3 Å². The predicted molar refractivity (Wildman–Crippen MR) is 87.8 cm³/mol. The standard InChI is InChI=1S/C17H24N2O2S/c1-2-14-13-8-11-22-15(13)7-10-19(14)17(21)12-18-9-5-3-4-6-16(18)20/h8,11,14H,2-7,9-10,12H2,1H3. The van der Waals surface area contributed by atoms with E-state index in [9.17, 15) is 9.59 Å². The Hall–Kier alpha value is -1.36. The lowest BCUT2D eigenvalue weighted by atomic mass is 9.97. The molecule has 1 atom stereocenters. The number of hydrogen-bond donors (Lipinski definition) is 0. The molecule has 1 aromatic heterocycles. The molecule has 0 spiro atoms. The smallest absolute Gasteiger partial charge is 0.242 e. The summed E-state index contributed by atoms with van der Waals surface area (Å²) in [6, 6.07) is 2.34. The number of hydrogen-bond acceptors (Lipinski definition) is 3. The minimum Gasteiger partial charge on any atom is -0.334 e. The normalized spacial score (nSPS) is 22.4. The molecule has 1 unspecified atom stereocenters. The number of fused-ring (bicyclic) bond motifs is 1. The van der Waals surface area contributed by atoms with Crippen molar-refractivity contribution in [1.82, 2.24) is 9.80 Å². The minimum absolute atomic E-state index is 0.110. The second kappa shape index (κ2) is 6.82. The van der Waals surface area contributed by atoms with Crippen LogP contribution in [0.4, 0.5) is 0 Å². The molecule has 1 saturated heterocycles. The van der Waals surface area contributed by atoms with E-state index in [4.69, 9.17) is 0 Å². The molecule has 1 aromatic rings. The first-order valence-corrected chi connectivity index (χ1v) is 9.22. The number of carbonyl (C=O) groups is 2. The van der Waals surface area contributed by atoms with Crippen molar-refractivity contribution in [1.29, 1.82) is 0 Å². The summed E-state index contributed by atoms with van der Waals surface area (Å²) >= 11 is 1.79. The lowest BCUT2D eigenvalue weighted by Gasteiger charge is -2.36. The molecule has 2 aliphatic rings. The van der Waals surface area contributed by atoms with Crippen LogP contribution in [0.2, 0.25) is 0 Å². The molecule has 3 heterocycles. The highest BCUT2D eigenvalue weighted by Crippen LogP contribution is 2.35. The Balaban J connectivity index is 1.70. The van der Waals surface area contributed by atoms with Crippen LogP contribution in [0, 0.1) is 0 Å². The Kier molecular flexibility index (Phi) is 4.81. The first-order chi connectivity index (χ1) is 10.7. The molecule has 2 amide bonds. The van der Waals surface area contributed by atoms with Crippen molar-refractivity contribution in [2.24, 2.45) is 0 Å². The third kappa shape index (κ3) is 3.05. The monoisotopic (exact) mass is 320 g/mol. The minimum atomic E-state index is 0.110. The van der Waals surface area contributed by atoms with Crippen LogP contribution in [0.25, 0.3) is 0 Å². The lowest BCUT2D eigenvalue weighted by molar-refractivity contribution is -0.142. The SMILES string of the molecule is CCC1c2ccsc2CCN1C(=O)CN1CCCCCC1=O. The van der Waals surface area contributed by atoms with E-state index < -0.39 is 0 Å². The van der Waals surface area contributed by atoms with E-state index in [0.717, 1.165) is 45.2 Å². The van der Waals surface area contributed by atoms with Gasteiger partial charge in [-0.15, -0.1) is 11.3 Å². The summed E-state index contributed by atoms with van der Waals surface area (Å²) in [4.78, 5) is 30.0. The Labute approximate surface area is 136 Å². The van der Waals surface area contributed by atoms with Crippen molar-refractivity contribution >= 4 is 23.2 Å². The number of amides is 2. The van der Waals surface area contributed by atoms with Gasteiger partial charge in [-0.2, -0.15) is 0 Å². The molecule has 0 saturated carbocycles. The summed E-state index contributed by atoms with van der Waals surface area (Å²) in [5.74, 6) is 0.256. The van der Waals surface area contributed by atoms with Crippen molar-refractivity contribution in [2.45, 2.75) is 51.5 Å². The lowest BCUT2D eigenvalue weighted by Crippen LogP contribution is -2.46. The highest BCUT2D eigenvalue weighted by molar-refractivity contribution is 7.10. The van der Waals surface area contributed by atoms with Crippen LogP contribution in [0.1, 0.15) is 55.5 Å². The molecule has 0 N–H and O–H groups in total. The van der Waals surface area contributed by atoms with E-state index >= 15 is 0 Å². The molecule has 0 aromatic carbocycles. The topological polar surface area (TPSA) is 40.6 Å². The summed E-state index contributed by atoms with van der Waals surface area (Å²) in [5.41, 5.74) is 1.31. The van der Waals surface area contributed by atoms with Crippen LogP contribution in [0.3, 0.4) is 0 Å². The zero-order chi connectivity index (χ0) is 15.5. The first-order valence-electron chi connectivity index (χ1n) is 8.34. The molecular formula is C17H24N2O2S. The van der Waals surface area contributed by atoms with Crippen LogP contribution in [0.15, 0.2) is 11.4 Å². The van der Waals surface area contributed by atoms with Crippen LogP contribution >= 0.6 is 11.3 Å². The first kappa shape index (κ1) is 15.5. The van der Waals surface area contributed by atoms with Crippen molar-refractivity contribution in [2.75, 3.05) is 19.6 Å². The summed E-state index contributed by atoms with van der Waals surface area (Å²) in [6.07, 6.45) is 5.55. The number of rotatable bonds is 3. The van der Waals surface area contributed by atoms with Gasteiger partial charge in [-0.05, 0) is 42.7 Å². The molecule has 0 bridgehead atoms. The summed E-state index contributed by atoms with van der Waals surface area (Å²) in [6.45, 7) is 3.91. The average molecular weight is 320 g/mol. The molecule has 4 nitrogen and oxygen atoms in total. The maximum atomic E-state index is 12.8. The molecular weight excluding hydrogens is 296 g/mol. The largest absolute Gasteiger partial charge is 0.334 e. The van der Waals surface area contributed by atoms with Gasteiger partial charge >= 0.3 is 0 Å². The van der Waals surface area contributed by atoms with Crippen LogP contribution in [-0.4, -0.2) is 41.2 Å². The fourth-order valence-electron chi connectivity index (χ4n) is 3.59. The second-order valence-corrected chi connectivity index (χ2v) is 7.19. The number of nitrogens with zero attached hydrogens (tertiary/aromatic N) is 2. The Bertz CT molecular complexity index is 555. The summed E-state index contributed by atoms with van der Waals surface area (Å²) in [7, 11) is 0. The number of carbonyl (C=O) groups excluding carboxylic acids is 2. The molecule has 2 aliphatic heterocycles. The fraction of sp³-hybridized carbons (Fsp3) is 0.647. The average Bonchev–Trinajstić information content (AvgIpc) is 2.91. The van der Waals surface area contributed by atoms with E-state index in [-0.39, 0.29) is 24.4 Å². The highest BCUT2D eigenvalue weighted by Gasteiger charge is 2.31. The molecule has 1 fully saturated rings. The Morgan fingerprint density at radius 3 is 2.95 bits per heavy atom. The molecule has 0 radical (unpaired) electrons. The van der Waals surface area contributed by atoms with Crippen molar-refractivity contribution < 1.29 is 9.59 Å². The van der Waals surface area contributed by atoms with E-state index in [1.807, 2.05) is 4.90 Å². The molecule has 3 rings (SSSR count). The van der Waals surface area contributed by atoms with Gasteiger partial charge in [0.05, 0.1) is 12.6 Å². The molecule has 5 heteroatoms. The van der Waals surface area contributed by atoms with E-state index in [1.165, 1.54) is 10.4 Å². The van der Waals surface area contributed by atoms with E-state index in [0.29, 0.717) is 6.42 Å². The molecule has 120 valence electrons. The molecule has 0 aliphatic carbocycles. The Morgan fingerprint density at radius 2 is 2.14 bits per heavy atom. The molecule has 22 heavy (non-hydrogen) atoms. The van der Waals surface area contributed by atoms with Gasteiger partial charge in [0.2, 0.25) is 11.8 Å². The van der Waals surface area contributed by atoms with Gasteiger partial charge in [0, 0.05) is 24.4 Å². The predicted octanol–water partition coefficient (Wildman–Crippen LogP) is 2.99. The van der Waals surface area contributed by atoms with Crippen LogP contribution < -0.4 is 0 Å². The van der Waals surface area contributed by atoms with Gasteiger partial charge in [0.1, 0.15) is 0 Å². The van der Waals surface area contributed by atoms with Gasteiger partial charge in [0.25, 0.3) is 0 Å². The van der Waals surface area contributed by atoms with Crippen LogP contribution in [0.5, 0.6) is 0 Å². The zero-order valence-corrected chi connectivity index (χ0v) is 14.0. The highest BCUT2D eigenvalue weighted by atomic mass is 32.1. The third-order valence-electron chi connectivity index (χ3n) is 4.80. The summed E-state index contributed by atoms with van der Waals surface area (Å²) in [5, 5.41) is 2.12. The van der Waals surface area contributed by atoms with Gasteiger partial charge in [-0.25, -0.2) is 0 Å². The number of likely N-dealkylation sites (tertiary alicyclic amines) is 1. The Morgan fingerprint density at radius 1 is 1.27 bits per heavy atom. The van der Waals surface area contributed by atoms with Crippen molar-refractivity contribution in [3.8, 4) is 0 Å². The third-order valence-corrected chi connectivity index (χ3v) is 5.80. The van der Waals surface area contributed by atoms with Gasteiger partial charge in [-0.3, -0.25) is 9.59 Å². The number of thiophene rings is 1. The zero-order valence-electron chi connectivity index (χ0n) is 13.2. The quantitative estimate of drug-likeness (QED) is 0.859. The van der Waals surface area contributed by atoms with Gasteiger partial charge in [0.15, 0.2) is 0 Å². The maximum absolute atomic E-state index is 12.8. The van der Waals surface area contributed by atoms with Crippen LogP contribution in [-0.2, 0) is 16.0 Å². The van der Waals surface area contributed by atoms with Gasteiger partial charge < -0.3 is 9.80 Å².